The fourth-order valence-corrected chi connectivity index (χ4v) is 1.38. The summed E-state index contributed by atoms with van der Waals surface area (Å²) in [5.41, 5.74) is 0. The van der Waals surface area contributed by atoms with Crippen LogP contribution in [0.1, 0.15) is 19.8 Å². The summed E-state index contributed by atoms with van der Waals surface area (Å²) in [7, 11) is 0. The molecule has 0 aliphatic rings. The van der Waals surface area contributed by atoms with Gasteiger partial charge in [0.05, 0.1) is 0 Å². The Hall–Kier alpha value is 0.570. The van der Waals surface area contributed by atoms with Gasteiger partial charge in [-0.3, -0.25) is 0 Å². The van der Waals surface area contributed by atoms with Crippen LogP contribution in [0.15, 0.2) is 12.2 Å². The van der Waals surface area contributed by atoms with Gasteiger partial charge in [-0.1, -0.05) is 41.4 Å². The number of halogens is 1. The van der Waals surface area contributed by atoms with Crippen molar-refractivity contribution in [3.05, 3.63) is 12.2 Å². The van der Waals surface area contributed by atoms with Gasteiger partial charge in [-0.2, -0.15) is 12.6 Å². The minimum Gasteiger partial charge on any atom is -0.175 e. The molecule has 0 amide bonds. The molecule has 0 saturated carbocycles. The molecular formula is C7H13BrS. The minimum atomic E-state index is 0.551. The average Bonchev–Trinajstić information content (AvgIpc) is 1.85. The molecule has 0 nitrogen and oxygen atoms in total. The van der Waals surface area contributed by atoms with Crippen LogP contribution in [0.2, 0.25) is 0 Å². The predicted octanol–water partition coefficient (Wildman–Crippen LogP) is 3.04. The zero-order valence-electron chi connectivity index (χ0n) is 5.68. The van der Waals surface area contributed by atoms with Crippen molar-refractivity contribution in [1.29, 1.82) is 0 Å². The van der Waals surface area contributed by atoms with Crippen LogP contribution in [0.5, 0.6) is 0 Å². The van der Waals surface area contributed by atoms with E-state index in [0.29, 0.717) is 4.83 Å². The molecule has 0 aliphatic carbocycles. The molecule has 0 radical (unpaired) electrons. The lowest BCUT2D eigenvalue weighted by atomic mass is 10.2. The second-order valence-electron chi connectivity index (χ2n) is 1.92. The number of thiol groups is 1. The summed E-state index contributed by atoms with van der Waals surface area (Å²) in [4.78, 5) is 0.551. The van der Waals surface area contributed by atoms with Gasteiger partial charge in [-0.25, -0.2) is 0 Å². The minimum absolute atomic E-state index is 0.551. The Bertz CT molecular complexity index is 81.0. The summed E-state index contributed by atoms with van der Waals surface area (Å²) in [5, 5.41) is 0. The molecule has 0 aromatic carbocycles. The molecule has 0 rings (SSSR count). The largest absolute Gasteiger partial charge is 0.175 e. The van der Waals surface area contributed by atoms with Gasteiger partial charge >= 0.3 is 0 Å². The summed E-state index contributed by atoms with van der Waals surface area (Å²) in [6.45, 7) is 2.18. The van der Waals surface area contributed by atoms with Crippen LogP contribution < -0.4 is 0 Å². The molecule has 0 heterocycles. The Morgan fingerprint density at radius 1 is 1.67 bits per heavy atom. The number of alkyl halides is 1. The first kappa shape index (κ1) is 9.57. The van der Waals surface area contributed by atoms with Gasteiger partial charge in [0, 0.05) is 10.6 Å². The van der Waals surface area contributed by atoms with E-state index in [-0.39, 0.29) is 0 Å². The molecule has 2 heteroatoms. The highest BCUT2D eigenvalue weighted by atomic mass is 79.9. The van der Waals surface area contributed by atoms with Gasteiger partial charge in [0.1, 0.15) is 0 Å². The van der Waals surface area contributed by atoms with Crippen molar-refractivity contribution in [1.82, 2.24) is 0 Å². The number of rotatable bonds is 4. The van der Waals surface area contributed by atoms with Crippen molar-refractivity contribution in [3.63, 3.8) is 0 Å². The number of hydrogen-bond acceptors (Lipinski definition) is 1. The van der Waals surface area contributed by atoms with Gasteiger partial charge in [0.15, 0.2) is 0 Å². The lowest BCUT2D eigenvalue weighted by molar-refractivity contribution is 0.835. The normalized spacial score (nSPS) is 14.6. The maximum Gasteiger partial charge on any atom is 0.0325 e. The van der Waals surface area contributed by atoms with E-state index in [2.05, 4.69) is 47.6 Å². The third-order valence-corrected chi connectivity index (χ3v) is 1.99. The average molecular weight is 209 g/mol. The van der Waals surface area contributed by atoms with E-state index < -0.39 is 0 Å². The molecule has 0 aromatic rings. The highest BCUT2D eigenvalue weighted by molar-refractivity contribution is 9.09. The molecule has 0 saturated heterocycles. The molecule has 0 N–H and O–H groups in total. The zero-order valence-corrected chi connectivity index (χ0v) is 8.16. The van der Waals surface area contributed by atoms with Crippen molar-refractivity contribution in [3.8, 4) is 0 Å². The first-order valence-electron chi connectivity index (χ1n) is 3.22. The maximum absolute atomic E-state index is 4.06. The fraction of sp³-hybridized carbons (Fsp3) is 0.714. The van der Waals surface area contributed by atoms with Crippen molar-refractivity contribution in [2.75, 3.05) is 5.75 Å². The zero-order chi connectivity index (χ0) is 7.11. The van der Waals surface area contributed by atoms with Gasteiger partial charge in [0.2, 0.25) is 0 Å². The van der Waals surface area contributed by atoms with Crippen molar-refractivity contribution in [2.24, 2.45) is 0 Å². The van der Waals surface area contributed by atoms with Crippen molar-refractivity contribution < 1.29 is 0 Å². The Morgan fingerprint density at radius 3 is 2.78 bits per heavy atom. The van der Waals surface area contributed by atoms with Crippen molar-refractivity contribution in [2.45, 2.75) is 24.6 Å². The molecule has 0 bridgehead atoms. The van der Waals surface area contributed by atoms with E-state index in [4.69, 9.17) is 0 Å². The molecule has 0 spiro atoms. The summed E-state index contributed by atoms with van der Waals surface area (Å²) in [6, 6.07) is 0. The quantitative estimate of drug-likeness (QED) is 0.410. The van der Waals surface area contributed by atoms with Crippen molar-refractivity contribution >= 4 is 28.6 Å². The first-order valence-corrected chi connectivity index (χ1v) is 4.77. The summed E-state index contributed by atoms with van der Waals surface area (Å²) in [6.07, 6.45) is 6.66. The fourth-order valence-electron chi connectivity index (χ4n) is 0.581. The third kappa shape index (κ3) is 6.46. The second-order valence-corrected chi connectivity index (χ2v) is 3.46. The smallest absolute Gasteiger partial charge is 0.0325 e. The Morgan fingerprint density at radius 2 is 2.33 bits per heavy atom. The van der Waals surface area contributed by atoms with E-state index in [1.807, 2.05) is 0 Å². The Labute approximate surface area is 71.3 Å². The molecule has 1 unspecified atom stereocenters. The predicted molar refractivity (Wildman–Crippen MR) is 50.6 cm³/mol. The summed E-state index contributed by atoms with van der Waals surface area (Å²) >= 11 is 7.57. The maximum atomic E-state index is 4.06. The molecular weight excluding hydrogens is 196 g/mol. The molecule has 54 valence electrons. The molecule has 0 aromatic heterocycles. The topological polar surface area (TPSA) is 0 Å². The number of hydrogen-bond donors (Lipinski definition) is 1. The molecule has 9 heavy (non-hydrogen) atoms. The van der Waals surface area contributed by atoms with Crippen LogP contribution in [0.3, 0.4) is 0 Å². The van der Waals surface area contributed by atoms with E-state index >= 15 is 0 Å². The third-order valence-electron chi connectivity index (χ3n) is 1.01. The van der Waals surface area contributed by atoms with Crippen LogP contribution in [-0.4, -0.2) is 10.6 Å². The lowest BCUT2D eigenvalue weighted by Gasteiger charge is -1.98. The van der Waals surface area contributed by atoms with Crippen LogP contribution in [0, 0.1) is 0 Å². The highest BCUT2D eigenvalue weighted by Gasteiger charge is 1.93. The molecule has 0 fully saturated rings. The van der Waals surface area contributed by atoms with Gasteiger partial charge in [0.25, 0.3) is 0 Å². The van der Waals surface area contributed by atoms with Gasteiger partial charge in [-0.15, -0.1) is 0 Å². The number of allylic oxidation sites excluding steroid dienone is 1. The Balaban J connectivity index is 3.25. The van der Waals surface area contributed by atoms with Crippen LogP contribution in [-0.2, 0) is 0 Å². The van der Waals surface area contributed by atoms with Gasteiger partial charge in [-0.05, 0) is 6.42 Å². The lowest BCUT2D eigenvalue weighted by Crippen LogP contribution is -1.89. The van der Waals surface area contributed by atoms with E-state index in [0.717, 1.165) is 5.75 Å². The first-order chi connectivity index (χ1) is 4.31. The molecule has 1 atom stereocenters. The van der Waals surface area contributed by atoms with E-state index in [1.54, 1.807) is 0 Å². The van der Waals surface area contributed by atoms with Gasteiger partial charge < -0.3 is 0 Å². The standard InChI is InChI=1S/C7H13BrS/c1-2-4-7(8)5-3-6-9/h3,5,7,9H,2,4,6H2,1H3. The van der Waals surface area contributed by atoms with Crippen LogP contribution in [0.25, 0.3) is 0 Å². The molecule has 0 aliphatic heterocycles. The van der Waals surface area contributed by atoms with Crippen LogP contribution >= 0.6 is 28.6 Å². The SMILES string of the molecule is CCCC(Br)C=CCS. The second kappa shape index (κ2) is 6.69. The monoisotopic (exact) mass is 208 g/mol. The van der Waals surface area contributed by atoms with E-state index in [9.17, 15) is 0 Å². The highest BCUT2D eigenvalue weighted by Crippen LogP contribution is 2.08. The summed E-state index contributed by atoms with van der Waals surface area (Å²) < 4.78 is 0. The van der Waals surface area contributed by atoms with Crippen LogP contribution in [0.4, 0.5) is 0 Å². The summed E-state index contributed by atoms with van der Waals surface area (Å²) in [5.74, 6) is 0.839. The van der Waals surface area contributed by atoms with E-state index in [1.165, 1.54) is 12.8 Å². The Kier molecular flexibility index (Phi) is 7.11.